The van der Waals surface area contributed by atoms with Crippen LogP contribution in [0.1, 0.15) is 19.8 Å². The number of hydrogen-bond donors (Lipinski definition) is 1. The third-order valence-electron chi connectivity index (χ3n) is 2.34. The lowest BCUT2D eigenvalue weighted by molar-refractivity contribution is -0.163. The Hall–Kier alpha value is -0.780. The van der Waals surface area contributed by atoms with Gasteiger partial charge in [-0.2, -0.15) is 13.2 Å². The molecule has 88 valence electrons. The van der Waals surface area contributed by atoms with Gasteiger partial charge in [-0.15, -0.1) is 0 Å². The highest BCUT2D eigenvalue weighted by Crippen LogP contribution is 2.22. The zero-order valence-electron chi connectivity index (χ0n) is 8.60. The molecule has 0 spiro atoms. The van der Waals surface area contributed by atoms with E-state index in [1.165, 1.54) is 4.90 Å². The molecule has 1 aliphatic heterocycles. The summed E-state index contributed by atoms with van der Waals surface area (Å²) in [6.07, 6.45) is -5.07. The van der Waals surface area contributed by atoms with Crippen molar-refractivity contribution < 1.29 is 18.0 Å². The first-order valence-electron chi connectivity index (χ1n) is 5.01. The molecule has 0 unspecified atom stereocenters. The minimum Gasteiger partial charge on any atom is -0.337 e. The fourth-order valence-electron chi connectivity index (χ4n) is 1.52. The van der Waals surface area contributed by atoms with Gasteiger partial charge in [-0.1, -0.05) is 6.92 Å². The van der Waals surface area contributed by atoms with E-state index >= 15 is 0 Å². The third kappa shape index (κ3) is 3.70. The molecule has 1 amide bonds. The summed E-state index contributed by atoms with van der Waals surface area (Å²) in [6, 6.07) is -0.0557. The molecular weight excluding hydrogens is 209 g/mol. The van der Waals surface area contributed by atoms with Gasteiger partial charge >= 0.3 is 6.18 Å². The minimum atomic E-state index is -4.40. The molecule has 0 aromatic heterocycles. The fraction of sp³-hybridized carbons (Fsp3) is 0.889. The van der Waals surface area contributed by atoms with Crippen LogP contribution in [0.5, 0.6) is 0 Å². The van der Waals surface area contributed by atoms with E-state index in [9.17, 15) is 18.0 Å². The van der Waals surface area contributed by atoms with E-state index in [1.54, 1.807) is 0 Å². The predicted octanol–water partition coefficient (Wildman–Crippen LogP) is 1.15. The molecule has 15 heavy (non-hydrogen) atoms. The van der Waals surface area contributed by atoms with Crippen LogP contribution < -0.4 is 5.32 Å². The average Bonchev–Trinajstić information content (AvgIpc) is 1.96. The second-order valence-corrected chi connectivity index (χ2v) is 3.69. The van der Waals surface area contributed by atoms with Gasteiger partial charge in [-0.05, 0) is 6.42 Å². The number of rotatable bonds is 4. The minimum absolute atomic E-state index is 0.0557. The topological polar surface area (TPSA) is 32.3 Å². The molecule has 1 saturated heterocycles. The average molecular weight is 224 g/mol. The molecule has 1 fully saturated rings. The molecule has 1 aliphatic rings. The van der Waals surface area contributed by atoms with Gasteiger partial charge in [-0.25, -0.2) is 0 Å². The van der Waals surface area contributed by atoms with Crippen LogP contribution in [-0.4, -0.2) is 42.7 Å². The summed E-state index contributed by atoms with van der Waals surface area (Å²) < 4.78 is 36.1. The quantitative estimate of drug-likeness (QED) is 0.777. The summed E-state index contributed by atoms with van der Waals surface area (Å²) in [5.41, 5.74) is 0. The summed E-state index contributed by atoms with van der Waals surface area (Å²) in [4.78, 5) is 12.7. The second kappa shape index (κ2) is 4.83. The van der Waals surface area contributed by atoms with Gasteiger partial charge in [0, 0.05) is 19.6 Å². The Morgan fingerprint density at radius 1 is 1.47 bits per heavy atom. The van der Waals surface area contributed by atoms with E-state index in [1.807, 2.05) is 6.92 Å². The lowest BCUT2D eigenvalue weighted by Gasteiger charge is -2.38. The molecule has 0 aromatic rings. The van der Waals surface area contributed by atoms with Crippen LogP contribution in [0.25, 0.3) is 0 Å². The molecular formula is C9H15F3N2O. The molecule has 1 rings (SSSR count). The van der Waals surface area contributed by atoms with Gasteiger partial charge in [0.1, 0.15) is 6.42 Å². The maximum atomic E-state index is 12.0. The lowest BCUT2D eigenvalue weighted by Crippen LogP contribution is -2.59. The number of carbonyl (C=O) groups is 1. The molecule has 0 radical (unpaired) electrons. The normalized spacial score (nSPS) is 17.3. The highest BCUT2D eigenvalue weighted by atomic mass is 19.4. The van der Waals surface area contributed by atoms with E-state index in [2.05, 4.69) is 5.32 Å². The van der Waals surface area contributed by atoms with Crippen molar-refractivity contribution in [2.75, 3.05) is 19.6 Å². The molecule has 0 bridgehead atoms. The number of hydrogen-bond acceptors (Lipinski definition) is 2. The van der Waals surface area contributed by atoms with Crippen LogP contribution in [0.3, 0.4) is 0 Å². The van der Waals surface area contributed by atoms with Gasteiger partial charge < -0.3 is 10.2 Å². The van der Waals surface area contributed by atoms with Gasteiger partial charge in [0.2, 0.25) is 5.91 Å². The Bertz CT molecular complexity index is 226. The molecule has 1 N–H and O–H groups in total. The summed E-state index contributed by atoms with van der Waals surface area (Å²) in [5, 5.41) is 2.94. The van der Waals surface area contributed by atoms with Crippen molar-refractivity contribution in [1.29, 1.82) is 0 Å². The molecule has 1 heterocycles. The van der Waals surface area contributed by atoms with Crippen molar-refractivity contribution in [3.63, 3.8) is 0 Å². The molecule has 0 saturated carbocycles. The lowest BCUT2D eigenvalue weighted by atomic mass is 10.1. The molecule has 0 aromatic carbocycles. The maximum Gasteiger partial charge on any atom is 0.397 e. The largest absolute Gasteiger partial charge is 0.397 e. The van der Waals surface area contributed by atoms with Crippen molar-refractivity contribution in [3.05, 3.63) is 0 Å². The fourth-order valence-corrected chi connectivity index (χ4v) is 1.52. The van der Waals surface area contributed by atoms with Crippen molar-refractivity contribution in [1.82, 2.24) is 10.2 Å². The second-order valence-electron chi connectivity index (χ2n) is 3.69. The molecule has 0 aliphatic carbocycles. The predicted molar refractivity (Wildman–Crippen MR) is 49.3 cm³/mol. The summed E-state index contributed by atoms with van der Waals surface area (Å²) in [6.45, 7) is 3.45. The van der Waals surface area contributed by atoms with E-state index in [-0.39, 0.29) is 6.04 Å². The number of halogens is 3. The van der Waals surface area contributed by atoms with Crippen LogP contribution in [0.2, 0.25) is 0 Å². The van der Waals surface area contributed by atoms with Gasteiger partial charge in [-0.3, -0.25) is 4.79 Å². The molecule has 6 heteroatoms. The van der Waals surface area contributed by atoms with Crippen LogP contribution in [0.15, 0.2) is 0 Å². The monoisotopic (exact) mass is 224 g/mol. The van der Waals surface area contributed by atoms with Gasteiger partial charge in [0.25, 0.3) is 0 Å². The van der Waals surface area contributed by atoms with E-state index < -0.39 is 18.5 Å². The van der Waals surface area contributed by atoms with Crippen molar-refractivity contribution in [3.8, 4) is 0 Å². The van der Waals surface area contributed by atoms with E-state index in [0.29, 0.717) is 26.1 Å². The Morgan fingerprint density at radius 2 is 2.07 bits per heavy atom. The van der Waals surface area contributed by atoms with Crippen molar-refractivity contribution >= 4 is 5.91 Å². The maximum absolute atomic E-state index is 12.0. The van der Waals surface area contributed by atoms with E-state index in [4.69, 9.17) is 0 Å². The first-order valence-corrected chi connectivity index (χ1v) is 5.01. The Morgan fingerprint density at radius 3 is 2.40 bits per heavy atom. The number of nitrogens with zero attached hydrogens (tertiary/aromatic N) is 1. The highest BCUT2D eigenvalue weighted by Gasteiger charge is 2.36. The molecule has 0 atom stereocenters. The Labute approximate surface area is 86.6 Å². The van der Waals surface area contributed by atoms with Crippen LogP contribution >= 0.6 is 0 Å². The Balaban J connectivity index is 2.50. The summed E-state index contributed by atoms with van der Waals surface area (Å²) in [7, 11) is 0. The SMILES string of the molecule is CCCN(C(=O)CC(F)(F)F)C1CNC1. The molecule has 3 nitrogen and oxygen atoms in total. The van der Waals surface area contributed by atoms with E-state index in [0.717, 1.165) is 0 Å². The van der Waals surface area contributed by atoms with Crippen molar-refractivity contribution in [2.24, 2.45) is 0 Å². The van der Waals surface area contributed by atoms with Crippen LogP contribution in [-0.2, 0) is 4.79 Å². The van der Waals surface area contributed by atoms with Crippen molar-refractivity contribution in [2.45, 2.75) is 32.0 Å². The standard InChI is InChI=1S/C9H15F3N2O/c1-2-3-14(7-5-13-6-7)8(15)4-9(10,11)12/h7,13H,2-6H2,1H3. The number of carbonyl (C=O) groups excluding carboxylic acids is 1. The first-order chi connectivity index (χ1) is 6.94. The third-order valence-corrected chi connectivity index (χ3v) is 2.34. The number of nitrogens with one attached hydrogen (secondary N) is 1. The summed E-state index contributed by atoms with van der Waals surface area (Å²) >= 11 is 0. The number of alkyl halides is 3. The first kappa shape index (κ1) is 12.3. The number of amides is 1. The van der Waals surface area contributed by atoms with Crippen LogP contribution in [0, 0.1) is 0 Å². The van der Waals surface area contributed by atoms with Gasteiger partial charge in [0.15, 0.2) is 0 Å². The van der Waals surface area contributed by atoms with Gasteiger partial charge in [0.05, 0.1) is 6.04 Å². The Kier molecular flexibility index (Phi) is 3.96. The zero-order chi connectivity index (χ0) is 11.5. The summed E-state index contributed by atoms with van der Waals surface area (Å²) in [5.74, 6) is -0.809. The highest BCUT2D eigenvalue weighted by molar-refractivity contribution is 5.77. The zero-order valence-corrected chi connectivity index (χ0v) is 8.60. The smallest absolute Gasteiger partial charge is 0.337 e. The van der Waals surface area contributed by atoms with Crippen LogP contribution in [0.4, 0.5) is 13.2 Å².